The number of hydrogen-bond acceptors (Lipinski definition) is 4. The van der Waals surface area contributed by atoms with Gasteiger partial charge in [-0.05, 0) is 51.9 Å². The summed E-state index contributed by atoms with van der Waals surface area (Å²) in [6.45, 7) is 5.98. The number of aliphatic carboxylic acids is 1. The fraction of sp³-hybridized carbons (Fsp3) is 0.529. The van der Waals surface area contributed by atoms with E-state index in [-0.39, 0.29) is 11.7 Å². The quantitative estimate of drug-likeness (QED) is 0.817. The number of benzene rings is 1. The lowest BCUT2D eigenvalue weighted by molar-refractivity contribution is -0.143. The number of nitrogens with zero attached hydrogens (tertiary/aromatic N) is 1. The van der Waals surface area contributed by atoms with Crippen molar-refractivity contribution in [2.24, 2.45) is 5.92 Å². The topological polar surface area (TPSA) is 66.8 Å². The van der Waals surface area contributed by atoms with E-state index in [1.54, 1.807) is 0 Å². The van der Waals surface area contributed by atoms with Crippen LogP contribution in [0, 0.1) is 12.8 Å². The summed E-state index contributed by atoms with van der Waals surface area (Å²) in [4.78, 5) is 25.5. The van der Waals surface area contributed by atoms with Gasteiger partial charge < -0.3 is 9.84 Å². The summed E-state index contributed by atoms with van der Waals surface area (Å²) in [5.74, 6) is -0.355. The zero-order chi connectivity index (χ0) is 16.1. The molecule has 1 saturated heterocycles. The van der Waals surface area contributed by atoms with Crippen LogP contribution < -0.4 is 4.74 Å². The number of piperidine rings is 1. The van der Waals surface area contributed by atoms with E-state index < -0.39 is 5.97 Å². The van der Waals surface area contributed by atoms with Gasteiger partial charge in [0, 0.05) is 0 Å². The van der Waals surface area contributed by atoms with Gasteiger partial charge in [-0.15, -0.1) is 0 Å². The number of aryl methyl sites for hydroxylation is 1. The molecule has 0 spiro atoms. The molecule has 0 aromatic heterocycles. The molecule has 5 heteroatoms. The molecule has 22 heavy (non-hydrogen) atoms. The summed E-state index contributed by atoms with van der Waals surface area (Å²) in [6, 6.07) is 5.63. The molecule has 1 aliphatic heterocycles. The van der Waals surface area contributed by atoms with Crippen LogP contribution in [0.15, 0.2) is 18.2 Å². The highest BCUT2D eigenvalue weighted by molar-refractivity contribution is 6.00. The number of carboxylic acids is 1. The first kappa shape index (κ1) is 16.5. The lowest BCUT2D eigenvalue weighted by atomic mass is 9.96. The number of carbonyl (C=O) groups is 2. The number of Topliss-reactive ketones (excluding diaryl/α,β-unsaturated/α-hetero) is 1. The molecule has 5 nitrogen and oxygen atoms in total. The molecule has 1 N–H and O–H groups in total. The molecule has 0 bridgehead atoms. The van der Waals surface area contributed by atoms with Gasteiger partial charge in [0.25, 0.3) is 0 Å². The SMILES string of the molecule is CCOc1ccc(C)cc1C(=O)CN1CCC(C(=O)O)CC1. The Hall–Kier alpha value is -1.88. The summed E-state index contributed by atoms with van der Waals surface area (Å²) in [5.41, 5.74) is 1.64. The Morgan fingerprint density at radius 3 is 2.59 bits per heavy atom. The van der Waals surface area contributed by atoms with Crippen LogP contribution in [-0.4, -0.2) is 48.0 Å². The van der Waals surface area contributed by atoms with Gasteiger partial charge in [0.05, 0.1) is 24.6 Å². The van der Waals surface area contributed by atoms with Crippen LogP contribution >= 0.6 is 0 Å². The van der Waals surface area contributed by atoms with Gasteiger partial charge >= 0.3 is 5.97 Å². The first-order valence-corrected chi connectivity index (χ1v) is 7.73. The Labute approximate surface area is 130 Å². The number of likely N-dealkylation sites (tertiary alicyclic amines) is 1. The smallest absolute Gasteiger partial charge is 0.306 e. The number of ketones is 1. The van der Waals surface area contributed by atoms with Crippen molar-refractivity contribution in [1.82, 2.24) is 4.90 Å². The third kappa shape index (κ3) is 4.07. The number of carboxylic acid groups (broad SMARTS) is 1. The number of hydrogen-bond donors (Lipinski definition) is 1. The summed E-state index contributed by atoms with van der Waals surface area (Å²) >= 11 is 0. The number of ether oxygens (including phenoxy) is 1. The Morgan fingerprint density at radius 1 is 1.32 bits per heavy atom. The van der Waals surface area contributed by atoms with E-state index in [1.807, 2.05) is 36.9 Å². The minimum Gasteiger partial charge on any atom is -0.493 e. The molecule has 0 atom stereocenters. The molecule has 2 rings (SSSR count). The molecule has 1 aromatic rings. The third-order valence-corrected chi connectivity index (χ3v) is 4.04. The van der Waals surface area contributed by atoms with E-state index in [1.165, 1.54) is 0 Å². The molecular weight excluding hydrogens is 282 g/mol. The first-order valence-electron chi connectivity index (χ1n) is 7.73. The summed E-state index contributed by atoms with van der Waals surface area (Å²) in [6.07, 6.45) is 1.21. The predicted molar refractivity (Wildman–Crippen MR) is 83.5 cm³/mol. The molecule has 1 fully saturated rings. The lowest BCUT2D eigenvalue weighted by Gasteiger charge is -2.29. The average molecular weight is 305 g/mol. The minimum absolute atomic E-state index is 0.0286. The fourth-order valence-corrected chi connectivity index (χ4v) is 2.77. The number of rotatable bonds is 6. The Morgan fingerprint density at radius 2 is 2.00 bits per heavy atom. The van der Waals surface area contributed by atoms with Crippen molar-refractivity contribution in [2.45, 2.75) is 26.7 Å². The van der Waals surface area contributed by atoms with Crippen molar-refractivity contribution >= 4 is 11.8 Å². The van der Waals surface area contributed by atoms with Crippen LogP contribution in [-0.2, 0) is 4.79 Å². The zero-order valence-corrected chi connectivity index (χ0v) is 13.2. The zero-order valence-electron chi connectivity index (χ0n) is 13.2. The van der Waals surface area contributed by atoms with E-state index >= 15 is 0 Å². The van der Waals surface area contributed by atoms with Crippen LogP contribution in [0.5, 0.6) is 5.75 Å². The van der Waals surface area contributed by atoms with Crippen molar-refractivity contribution in [2.75, 3.05) is 26.2 Å². The minimum atomic E-state index is -0.733. The third-order valence-electron chi connectivity index (χ3n) is 4.04. The molecule has 1 heterocycles. The van der Waals surface area contributed by atoms with Crippen LogP contribution in [0.25, 0.3) is 0 Å². The monoisotopic (exact) mass is 305 g/mol. The van der Waals surface area contributed by atoms with Crippen molar-refractivity contribution in [3.8, 4) is 5.75 Å². The van der Waals surface area contributed by atoms with Gasteiger partial charge in [-0.25, -0.2) is 0 Å². The van der Waals surface area contributed by atoms with Crippen LogP contribution in [0.1, 0.15) is 35.7 Å². The van der Waals surface area contributed by atoms with Crippen LogP contribution in [0.4, 0.5) is 0 Å². The second-order valence-electron chi connectivity index (χ2n) is 5.74. The van der Waals surface area contributed by atoms with Crippen LogP contribution in [0.3, 0.4) is 0 Å². The van der Waals surface area contributed by atoms with Gasteiger partial charge in [0.15, 0.2) is 5.78 Å². The second-order valence-corrected chi connectivity index (χ2v) is 5.74. The molecule has 1 aliphatic rings. The molecule has 0 aliphatic carbocycles. The van der Waals surface area contributed by atoms with Gasteiger partial charge in [-0.2, -0.15) is 0 Å². The summed E-state index contributed by atoms with van der Waals surface area (Å²) in [5, 5.41) is 9.01. The Kier molecular flexibility index (Phi) is 5.55. The van der Waals surface area contributed by atoms with Gasteiger partial charge in [-0.3, -0.25) is 14.5 Å². The van der Waals surface area contributed by atoms with Gasteiger partial charge in [0.2, 0.25) is 0 Å². The van der Waals surface area contributed by atoms with Crippen molar-refractivity contribution in [3.63, 3.8) is 0 Å². The molecular formula is C17H23NO4. The van der Waals surface area contributed by atoms with Crippen molar-refractivity contribution in [1.29, 1.82) is 0 Å². The normalized spacial score (nSPS) is 16.5. The molecule has 0 radical (unpaired) electrons. The van der Waals surface area contributed by atoms with Gasteiger partial charge in [-0.1, -0.05) is 11.6 Å². The maximum atomic E-state index is 12.5. The van der Waals surface area contributed by atoms with Crippen LogP contribution in [0.2, 0.25) is 0 Å². The lowest BCUT2D eigenvalue weighted by Crippen LogP contribution is -2.39. The maximum absolute atomic E-state index is 12.5. The van der Waals surface area contributed by atoms with E-state index in [0.29, 0.717) is 50.4 Å². The van der Waals surface area contributed by atoms with Crippen molar-refractivity contribution in [3.05, 3.63) is 29.3 Å². The highest BCUT2D eigenvalue weighted by Gasteiger charge is 2.26. The molecule has 0 unspecified atom stereocenters. The van der Waals surface area contributed by atoms with E-state index in [9.17, 15) is 9.59 Å². The maximum Gasteiger partial charge on any atom is 0.306 e. The highest BCUT2D eigenvalue weighted by Crippen LogP contribution is 2.22. The summed E-state index contributed by atoms with van der Waals surface area (Å²) < 4.78 is 5.53. The Bertz CT molecular complexity index is 548. The molecule has 0 saturated carbocycles. The molecule has 120 valence electrons. The average Bonchev–Trinajstić information content (AvgIpc) is 2.49. The second kappa shape index (κ2) is 7.40. The Balaban J connectivity index is 2.01. The summed E-state index contributed by atoms with van der Waals surface area (Å²) in [7, 11) is 0. The highest BCUT2D eigenvalue weighted by atomic mass is 16.5. The van der Waals surface area contributed by atoms with Crippen molar-refractivity contribution < 1.29 is 19.4 Å². The number of carbonyl (C=O) groups excluding carboxylic acids is 1. The molecule has 0 amide bonds. The fourth-order valence-electron chi connectivity index (χ4n) is 2.77. The largest absolute Gasteiger partial charge is 0.493 e. The predicted octanol–water partition coefficient (Wildman–Crippen LogP) is 2.37. The van der Waals surface area contributed by atoms with Gasteiger partial charge in [0.1, 0.15) is 5.75 Å². The van der Waals surface area contributed by atoms with E-state index in [0.717, 1.165) is 5.56 Å². The van der Waals surface area contributed by atoms with E-state index in [4.69, 9.17) is 9.84 Å². The first-order chi connectivity index (χ1) is 10.5. The molecule has 1 aromatic carbocycles. The van der Waals surface area contributed by atoms with E-state index in [2.05, 4.69) is 0 Å². The standard InChI is InChI=1S/C17H23NO4/c1-3-22-16-5-4-12(2)10-14(16)15(19)11-18-8-6-13(7-9-18)17(20)21/h4-5,10,13H,3,6-9,11H2,1-2H3,(H,20,21).